The fourth-order valence-corrected chi connectivity index (χ4v) is 2.53. The van der Waals surface area contributed by atoms with Crippen LogP contribution in [0.2, 0.25) is 0 Å². The van der Waals surface area contributed by atoms with E-state index >= 15 is 0 Å². The number of nitrogen functional groups attached to an aromatic ring is 1. The predicted molar refractivity (Wildman–Crippen MR) is 95.6 cm³/mol. The topological polar surface area (TPSA) is 77.2 Å². The molecule has 0 radical (unpaired) electrons. The van der Waals surface area contributed by atoms with Crippen LogP contribution in [0, 0.1) is 0 Å². The molecule has 5 nitrogen and oxygen atoms in total. The Morgan fingerprint density at radius 1 is 1.26 bits per heavy atom. The van der Waals surface area contributed by atoms with Crippen LogP contribution < -0.4 is 15.8 Å². The molecule has 3 N–H and O–H groups in total. The van der Waals surface area contributed by atoms with Gasteiger partial charge in [0.1, 0.15) is 11.4 Å². The molecule has 122 valence electrons. The van der Waals surface area contributed by atoms with Crippen molar-refractivity contribution in [1.82, 2.24) is 10.3 Å². The van der Waals surface area contributed by atoms with Gasteiger partial charge in [0.15, 0.2) is 0 Å². The number of nitrogens with one attached hydrogen (secondary N) is 1. The molecule has 0 aliphatic heterocycles. The molecule has 2 rings (SSSR count). The van der Waals surface area contributed by atoms with E-state index in [1.54, 1.807) is 13.2 Å². The summed E-state index contributed by atoms with van der Waals surface area (Å²) in [7, 11) is 1.60. The fraction of sp³-hybridized carbons (Fsp3) is 0.294. The van der Waals surface area contributed by atoms with E-state index in [4.69, 9.17) is 10.5 Å². The first kappa shape index (κ1) is 17.3. The van der Waals surface area contributed by atoms with E-state index in [1.165, 1.54) is 6.20 Å². The molecule has 1 amide bonds. The van der Waals surface area contributed by atoms with Crippen LogP contribution in [0.5, 0.6) is 5.75 Å². The quantitative estimate of drug-likeness (QED) is 0.855. The molecule has 0 aliphatic carbocycles. The van der Waals surface area contributed by atoms with Gasteiger partial charge in [-0.2, -0.15) is 0 Å². The first-order valence-electron chi connectivity index (χ1n) is 7.13. The molecule has 1 heterocycles. The Morgan fingerprint density at radius 3 is 2.57 bits per heavy atom. The SMILES string of the molecule is COc1ccc(Br)c(-c2cc(C(=O)NC(C)(C)C)ncc2N)c1. The molecule has 23 heavy (non-hydrogen) atoms. The lowest BCUT2D eigenvalue weighted by Crippen LogP contribution is -2.40. The van der Waals surface area contributed by atoms with Gasteiger partial charge in [-0.15, -0.1) is 0 Å². The number of halogens is 1. The standard InChI is InChI=1S/C17H20BrN3O2/c1-17(2,3)21-16(22)15-8-12(14(19)9-20-15)11-7-10(23-4)5-6-13(11)18/h5-9H,19H2,1-4H3,(H,21,22). The number of rotatable bonds is 3. The summed E-state index contributed by atoms with van der Waals surface area (Å²) in [5.41, 5.74) is 8.10. The van der Waals surface area contributed by atoms with E-state index in [9.17, 15) is 4.79 Å². The number of nitrogens with zero attached hydrogens (tertiary/aromatic N) is 1. The van der Waals surface area contributed by atoms with Crippen molar-refractivity contribution in [2.24, 2.45) is 0 Å². The normalized spacial score (nSPS) is 11.2. The molecular formula is C17H20BrN3O2. The van der Waals surface area contributed by atoms with Crippen LogP contribution in [0.25, 0.3) is 11.1 Å². The van der Waals surface area contributed by atoms with Gasteiger partial charge in [0.2, 0.25) is 0 Å². The number of aromatic nitrogens is 1. The van der Waals surface area contributed by atoms with Gasteiger partial charge in [0.25, 0.3) is 5.91 Å². The van der Waals surface area contributed by atoms with E-state index in [0.29, 0.717) is 17.1 Å². The Kier molecular flexibility index (Phi) is 4.94. The van der Waals surface area contributed by atoms with Crippen molar-refractivity contribution in [3.8, 4) is 16.9 Å². The van der Waals surface area contributed by atoms with Gasteiger partial charge in [-0.1, -0.05) is 15.9 Å². The average molecular weight is 378 g/mol. The van der Waals surface area contributed by atoms with Gasteiger partial charge < -0.3 is 15.8 Å². The van der Waals surface area contributed by atoms with E-state index in [0.717, 1.165) is 15.6 Å². The summed E-state index contributed by atoms with van der Waals surface area (Å²) in [6.45, 7) is 5.76. The number of hydrogen-bond acceptors (Lipinski definition) is 4. The van der Waals surface area contributed by atoms with Crippen molar-refractivity contribution in [3.05, 3.63) is 40.6 Å². The lowest BCUT2D eigenvalue weighted by molar-refractivity contribution is 0.0914. The number of ether oxygens (including phenoxy) is 1. The third kappa shape index (κ3) is 4.22. The molecule has 0 spiro atoms. The Hall–Kier alpha value is -2.08. The maximum Gasteiger partial charge on any atom is 0.270 e. The average Bonchev–Trinajstić information content (AvgIpc) is 2.46. The first-order chi connectivity index (χ1) is 10.7. The smallest absolute Gasteiger partial charge is 0.270 e. The highest BCUT2D eigenvalue weighted by Crippen LogP contribution is 2.35. The van der Waals surface area contributed by atoms with Gasteiger partial charge in [-0.3, -0.25) is 4.79 Å². The summed E-state index contributed by atoms with van der Waals surface area (Å²) in [6.07, 6.45) is 1.50. The molecule has 0 aliphatic rings. The number of methoxy groups -OCH3 is 1. The highest BCUT2D eigenvalue weighted by molar-refractivity contribution is 9.10. The summed E-state index contributed by atoms with van der Waals surface area (Å²) in [5, 5.41) is 2.89. The second kappa shape index (κ2) is 6.58. The predicted octanol–water partition coefficient (Wildman–Crippen LogP) is 3.63. The number of nitrogens with two attached hydrogens (primary N) is 1. The minimum atomic E-state index is -0.336. The summed E-state index contributed by atoms with van der Waals surface area (Å²) < 4.78 is 6.12. The number of hydrogen-bond donors (Lipinski definition) is 2. The molecule has 2 aromatic rings. The molecule has 0 bridgehead atoms. The molecule has 0 saturated carbocycles. The van der Waals surface area contributed by atoms with Gasteiger partial charge in [-0.25, -0.2) is 4.98 Å². The van der Waals surface area contributed by atoms with E-state index < -0.39 is 0 Å². The second-order valence-corrected chi connectivity index (χ2v) is 7.06. The van der Waals surface area contributed by atoms with E-state index in [1.807, 2.05) is 39.0 Å². The van der Waals surface area contributed by atoms with Crippen molar-refractivity contribution in [1.29, 1.82) is 0 Å². The first-order valence-corrected chi connectivity index (χ1v) is 7.92. The monoisotopic (exact) mass is 377 g/mol. The lowest BCUT2D eigenvalue weighted by Gasteiger charge is -2.20. The molecule has 6 heteroatoms. The van der Waals surface area contributed by atoms with Crippen LogP contribution >= 0.6 is 15.9 Å². The van der Waals surface area contributed by atoms with E-state index in [2.05, 4.69) is 26.2 Å². The summed E-state index contributed by atoms with van der Waals surface area (Å²) in [4.78, 5) is 16.4. The number of anilines is 1. The Balaban J connectivity index is 2.48. The minimum Gasteiger partial charge on any atom is -0.497 e. The zero-order chi connectivity index (χ0) is 17.2. The zero-order valence-electron chi connectivity index (χ0n) is 13.6. The number of benzene rings is 1. The summed E-state index contributed by atoms with van der Waals surface area (Å²) in [6, 6.07) is 7.28. The number of pyridine rings is 1. The molecule has 0 unspecified atom stereocenters. The minimum absolute atomic E-state index is 0.238. The summed E-state index contributed by atoms with van der Waals surface area (Å²) in [5.74, 6) is 0.470. The lowest BCUT2D eigenvalue weighted by atomic mass is 10.0. The van der Waals surface area contributed by atoms with Crippen molar-refractivity contribution in [2.45, 2.75) is 26.3 Å². The molecule has 0 saturated heterocycles. The highest BCUT2D eigenvalue weighted by Gasteiger charge is 2.18. The van der Waals surface area contributed by atoms with Gasteiger partial charge in [-0.05, 0) is 45.0 Å². The van der Waals surface area contributed by atoms with Crippen LogP contribution in [0.15, 0.2) is 34.9 Å². The third-order valence-corrected chi connectivity index (χ3v) is 3.81. The van der Waals surface area contributed by atoms with Crippen molar-refractivity contribution in [3.63, 3.8) is 0 Å². The molecule has 1 aromatic heterocycles. The Labute approximate surface area is 144 Å². The number of carbonyl (C=O) groups is 1. The van der Waals surface area contributed by atoms with Crippen LogP contribution in [0.3, 0.4) is 0 Å². The van der Waals surface area contributed by atoms with Crippen LogP contribution in [0.4, 0.5) is 5.69 Å². The maximum atomic E-state index is 12.3. The van der Waals surface area contributed by atoms with Crippen LogP contribution in [0.1, 0.15) is 31.3 Å². The van der Waals surface area contributed by atoms with Crippen molar-refractivity contribution in [2.75, 3.05) is 12.8 Å². The van der Waals surface area contributed by atoms with Crippen LogP contribution in [-0.4, -0.2) is 23.5 Å². The zero-order valence-corrected chi connectivity index (χ0v) is 15.2. The molecule has 1 aromatic carbocycles. The van der Waals surface area contributed by atoms with Crippen molar-refractivity contribution < 1.29 is 9.53 Å². The largest absolute Gasteiger partial charge is 0.497 e. The summed E-state index contributed by atoms with van der Waals surface area (Å²) >= 11 is 3.51. The molecule has 0 fully saturated rings. The maximum absolute atomic E-state index is 12.3. The second-order valence-electron chi connectivity index (χ2n) is 6.21. The molecular weight excluding hydrogens is 358 g/mol. The number of carbonyl (C=O) groups excluding carboxylic acids is 1. The van der Waals surface area contributed by atoms with Gasteiger partial charge in [0, 0.05) is 21.1 Å². The third-order valence-electron chi connectivity index (χ3n) is 3.12. The fourth-order valence-electron chi connectivity index (χ4n) is 2.07. The highest BCUT2D eigenvalue weighted by atomic mass is 79.9. The molecule has 0 atom stereocenters. The Morgan fingerprint density at radius 2 is 1.96 bits per heavy atom. The number of amides is 1. The van der Waals surface area contributed by atoms with Crippen molar-refractivity contribution >= 4 is 27.5 Å². The Bertz CT molecular complexity index is 739. The van der Waals surface area contributed by atoms with Crippen LogP contribution in [-0.2, 0) is 0 Å². The van der Waals surface area contributed by atoms with Gasteiger partial charge >= 0.3 is 0 Å². The van der Waals surface area contributed by atoms with E-state index in [-0.39, 0.29) is 11.4 Å². The van der Waals surface area contributed by atoms with Gasteiger partial charge in [0.05, 0.1) is 19.0 Å².